The first kappa shape index (κ1) is 20.8. The molecule has 0 unspecified atom stereocenters. The lowest BCUT2D eigenvalue weighted by atomic mass is 9.92. The molecule has 2 heterocycles. The molecule has 0 spiro atoms. The van der Waals surface area contributed by atoms with Crippen LogP contribution in [0.1, 0.15) is 56.6 Å². The van der Waals surface area contributed by atoms with Crippen molar-refractivity contribution in [2.45, 2.75) is 51.1 Å². The van der Waals surface area contributed by atoms with Gasteiger partial charge in [-0.05, 0) is 47.8 Å². The zero-order chi connectivity index (χ0) is 21.0. The van der Waals surface area contributed by atoms with E-state index in [0.29, 0.717) is 27.2 Å². The van der Waals surface area contributed by atoms with Crippen molar-refractivity contribution in [1.82, 2.24) is 4.98 Å². The van der Waals surface area contributed by atoms with Crippen molar-refractivity contribution in [2.75, 3.05) is 5.32 Å². The summed E-state index contributed by atoms with van der Waals surface area (Å²) < 4.78 is 0. The Kier molecular flexibility index (Phi) is 6.34. The van der Waals surface area contributed by atoms with Crippen LogP contribution in [0.25, 0.3) is 5.57 Å². The molecule has 7 nitrogen and oxygen atoms in total. The summed E-state index contributed by atoms with van der Waals surface area (Å²) in [6.07, 6.45) is 10.9. The number of hydrogen-bond donors (Lipinski definition) is 1. The number of allylic oxidation sites excluding steroid dienone is 1. The fraction of sp³-hybridized carbons (Fsp3) is 0.429. The average Bonchev–Trinajstić information content (AvgIpc) is 3.33. The Morgan fingerprint density at radius 1 is 1.20 bits per heavy atom. The number of nitrogens with zero attached hydrogens (tertiary/aromatic N) is 5. The molecule has 0 bridgehead atoms. The Morgan fingerprint density at radius 3 is 2.57 bits per heavy atom. The fourth-order valence-corrected chi connectivity index (χ4v) is 4.76. The molecule has 1 aromatic carbocycles. The number of amides is 1. The number of hydrogen-bond acceptors (Lipinski definition) is 7. The average molecular weight is 443 g/mol. The molecule has 0 radical (unpaired) electrons. The summed E-state index contributed by atoms with van der Waals surface area (Å²) in [6.45, 7) is 1.80. The smallest absolute Gasteiger partial charge is 0.257 e. The van der Waals surface area contributed by atoms with Gasteiger partial charge in [-0.2, -0.15) is 0 Å². The van der Waals surface area contributed by atoms with E-state index in [2.05, 4.69) is 37.1 Å². The molecule has 1 aliphatic carbocycles. The summed E-state index contributed by atoms with van der Waals surface area (Å²) in [5.74, 6) is 0.197. The summed E-state index contributed by atoms with van der Waals surface area (Å²) >= 11 is 7.98. The number of anilines is 1. The minimum atomic E-state index is -0.927. The second-order valence-electron chi connectivity index (χ2n) is 7.72. The molecule has 1 fully saturated rings. The van der Waals surface area contributed by atoms with Crippen LogP contribution in [0, 0.1) is 5.92 Å². The number of carbonyl (C=O) groups excluding carboxylic acids is 1. The van der Waals surface area contributed by atoms with Crippen LogP contribution in [0.15, 0.2) is 56.5 Å². The number of nitrogens with one attached hydrogen (secondary N) is 1. The molecule has 1 N–H and O–H groups in total. The van der Waals surface area contributed by atoms with Crippen molar-refractivity contribution in [3.8, 4) is 0 Å². The largest absolute Gasteiger partial charge is 0.298 e. The molecule has 0 atom stereocenters. The van der Waals surface area contributed by atoms with Gasteiger partial charge in [0.1, 0.15) is 0 Å². The van der Waals surface area contributed by atoms with Gasteiger partial charge in [-0.3, -0.25) is 10.1 Å². The third kappa shape index (κ3) is 4.65. The first-order chi connectivity index (χ1) is 14.5. The monoisotopic (exact) mass is 442 g/mol. The molecule has 1 saturated carbocycles. The summed E-state index contributed by atoms with van der Waals surface area (Å²) in [7, 11) is 0. The van der Waals surface area contributed by atoms with Crippen LogP contribution >= 0.6 is 22.9 Å². The quantitative estimate of drug-likeness (QED) is 0.407. The molecule has 9 heteroatoms. The van der Waals surface area contributed by atoms with E-state index in [1.807, 2.05) is 17.5 Å². The maximum atomic E-state index is 13.2. The predicted octanol–water partition coefficient (Wildman–Crippen LogP) is 6.79. The summed E-state index contributed by atoms with van der Waals surface area (Å²) in [5.41, 5.74) is 1.15. The molecule has 0 saturated heterocycles. The highest BCUT2D eigenvalue weighted by Gasteiger charge is 2.32. The SMILES string of the molecule is CC1(c2ccc(/C(=C\C3CCCCCC3)C(=O)Nc3nccs3)cc2Cl)N=NN=N1. The molecule has 1 aliphatic heterocycles. The second kappa shape index (κ2) is 9.14. The van der Waals surface area contributed by atoms with Gasteiger partial charge < -0.3 is 0 Å². The molecule has 1 amide bonds. The van der Waals surface area contributed by atoms with E-state index in [4.69, 9.17) is 11.6 Å². The molecule has 156 valence electrons. The number of thiazole rings is 1. The lowest BCUT2D eigenvalue weighted by Crippen LogP contribution is -2.16. The van der Waals surface area contributed by atoms with E-state index >= 15 is 0 Å². The molecule has 2 aromatic rings. The highest BCUT2D eigenvalue weighted by Crippen LogP contribution is 2.38. The van der Waals surface area contributed by atoms with Crippen molar-refractivity contribution in [3.05, 3.63) is 52.0 Å². The zero-order valence-corrected chi connectivity index (χ0v) is 18.3. The molecular formula is C21H23ClN6OS. The fourth-order valence-electron chi connectivity index (χ4n) is 3.87. The summed E-state index contributed by atoms with van der Waals surface area (Å²) in [6, 6.07) is 5.54. The van der Waals surface area contributed by atoms with Crippen LogP contribution in [0.3, 0.4) is 0 Å². The van der Waals surface area contributed by atoms with Crippen molar-refractivity contribution in [2.24, 2.45) is 26.6 Å². The number of halogens is 1. The molecular weight excluding hydrogens is 420 g/mol. The van der Waals surface area contributed by atoms with Crippen LogP contribution < -0.4 is 5.32 Å². The third-order valence-corrected chi connectivity index (χ3v) is 6.51. The minimum Gasteiger partial charge on any atom is -0.298 e. The molecule has 2 aliphatic rings. The lowest BCUT2D eigenvalue weighted by molar-refractivity contribution is -0.111. The summed E-state index contributed by atoms with van der Waals surface area (Å²) in [4.78, 5) is 17.3. The van der Waals surface area contributed by atoms with Crippen molar-refractivity contribution >= 4 is 39.5 Å². The predicted molar refractivity (Wildman–Crippen MR) is 118 cm³/mol. The normalized spacial score (nSPS) is 19.1. The van der Waals surface area contributed by atoms with Crippen LogP contribution in [0.5, 0.6) is 0 Å². The lowest BCUT2D eigenvalue weighted by Gasteiger charge is -2.18. The van der Waals surface area contributed by atoms with Crippen molar-refractivity contribution < 1.29 is 4.79 Å². The number of benzene rings is 1. The second-order valence-corrected chi connectivity index (χ2v) is 9.02. The minimum absolute atomic E-state index is 0.176. The molecule has 30 heavy (non-hydrogen) atoms. The van der Waals surface area contributed by atoms with Crippen LogP contribution in [0.2, 0.25) is 5.02 Å². The van der Waals surface area contributed by atoms with Gasteiger partial charge in [-0.1, -0.05) is 55.5 Å². The Bertz CT molecular complexity index is 981. The number of aromatic nitrogens is 1. The number of carbonyl (C=O) groups is 1. The molecule has 1 aromatic heterocycles. The Hall–Kier alpha value is -2.45. The van der Waals surface area contributed by atoms with Gasteiger partial charge in [0.05, 0.1) is 0 Å². The Labute approximate surface area is 184 Å². The van der Waals surface area contributed by atoms with Gasteiger partial charge in [0.2, 0.25) is 5.66 Å². The number of rotatable bonds is 5. The van der Waals surface area contributed by atoms with E-state index in [1.165, 1.54) is 37.0 Å². The van der Waals surface area contributed by atoms with Crippen LogP contribution in [-0.2, 0) is 10.5 Å². The van der Waals surface area contributed by atoms with Crippen molar-refractivity contribution in [3.63, 3.8) is 0 Å². The van der Waals surface area contributed by atoms with Crippen molar-refractivity contribution in [1.29, 1.82) is 0 Å². The summed E-state index contributed by atoms with van der Waals surface area (Å²) in [5, 5.41) is 21.2. The van der Waals surface area contributed by atoms with E-state index < -0.39 is 5.66 Å². The first-order valence-electron chi connectivity index (χ1n) is 10.1. The topological polar surface area (TPSA) is 91.4 Å². The highest BCUT2D eigenvalue weighted by atomic mass is 35.5. The zero-order valence-electron chi connectivity index (χ0n) is 16.7. The Balaban J connectivity index is 1.67. The third-order valence-electron chi connectivity index (χ3n) is 5.51. The van der Waals surface area contributed by atoms with Crippen LogP contribution in [0.4, 0.5) is 5.13 Å². The first-order valence-corrected chi connectivity index (χ1v) is 11.4. The van der Waals surface area contributed by atoms with Gasteiger partial charge in [0, 0.05) is 27.7 Å². The van der Waals surface area contributed by atoms with E-state index in [0.717, 1.165) is 18.4 Å². The Morgan fingerprint density at radius 2 is 1.93 bits per heavy atom. The van der Waals surface area contributed by atoms with E-state index in [9.17, 15) is 4.79 Å². The van der Waals surface area contributed by atoms with Crippen LogP contribution in [-0.4, -0.2) is 10.9 Å². The van der Waals surface area contributed by atoms with Gasteiger partial charge in [0.25, 0.3) is 5.91 Å². The molecule has 4 rings (SSSR count). The van der Waals surface area contributed by atoms with Gasteiger partial charge in [-0.15, -0.1) is 21.6 Å². The maximum Gasteiger partial charge on any atom is 0.257 e. The van der Waals surface area contributed by atoms with E-state index in [-0.39, 0.29) is 5.91 Å². The highest BCUT2D eigenvalue weighted by molar-refractivity contribution is 7.13. The van der Waals surface area contributed by atoms with Gasteiger partial charge in [-0.25, -0.2) is 4.98 Å². The standard InChI is InChI=1S/C21H23ClN6OS/c1-21(25-27-28-26-21)17-9-8-15(13-18(17)22)16(12-14-6-4-2-3-5-7-14)19(29)24-20-23-10-11-30-20/h8-14H,2-7H2,1H3,(H,23,24,29)/b16-12+. The van der Waals surface area contributed by atoms with Gasteiger partial charge >= 0.3 is 0 Å². The van der Waals surface area contributed by atoms with E-state index in [1.54, 1.807) is 19.2 Å². The van der Waals surface area contributed by atoms with Gasteiger partial charge in [0.15, 0.2) is 5.13 Å². The maximum absolute atomic E-state index is 13.2.